The zero-order chi connectivity index (χ0) is 13.2. The molecular weight excluding hydrogens is 309 g/mol. The van der Waals surface area contributed by atoms with E-state index in [1.807, 2.05) is 22.7 Å². The third-order valence-electron chi connectivity index (χ3n) is 2.99. The van der Waals surface area contributed by atoms with E-state index in [1.54, 1.807) is 12.1 Å². The lowest BCUT2D eigenvalue weighted by molar-refractivity contribution is 0.627. The summed E-state index contributed by atoms with van der Waals surface area (Å²) in [6.07, 6.45) is 3.53. The second-order valence-electron chi connectivity index (χ2n) is 4.32. The van der Waals surface area contributed by atoms with Gasteiger partial charge in [-0.15, -0.1) is 10.2 Å². The number of aryl methyl sites for hydroxylation is 2. The van der Waals surface area contributed by atoms with Crippen LogP contribution in [0.5, 0.6) is 0 Å². The molecule has 0 unspecified atom stereocenters. The van der Waals surface area contributed by atoms with E-state index in [1.165, 1.54) is 12.1 Å². The average molecular weight is 320 g/mol. The van der Waals surface area contributed by atoms with E-state index >= 15 is 0 Å². The molecule has 5 heteroatoms. The van der Waals surface area contributed by atoms with Crippen LogP contribution in [0.25, 0.3) is 5.65 Å². The van der Waals surface area contributed by atoms with Gasteiger partial charge in [0.2, 0.25) is 0 Å². The molecule has 0 aliphatic heterocycles. The topological polar surface area (TPSA) is 30.2 Å². The Labute approximate surface area is 118 Å². The first-order valence-corrected chi connectivity index (χ1v) is 6.75. The van der Waals surface area contributed by atoms with Crippen molar-refractivity contribution in [1.29, 1.82) is 0 Å². The van der Waals surface area contributed by atoms with Crippen LogP contribution in [-0.2, 0) is 12.8 Å². The van der Waals surface area contributed by atoms with E-state index in [9.17, 15) is 4.39 Å². The van der Waals surface area contributed by atoms with Crippen molar-refractivity contribution in [2.75, 3.05) is 0 Å². The van der Waals surface area contributed by atoms with Gasteiger partial charge in [-0.25, -0.2) is 4.39 Å². The number of hydrogen-bond donors (Lipinski definition) is 0. The highest BCUT2D eigenvalue weighted by atomic mass is 79.9. The lowest BCUT2D eigenvalue weighted by atomic mass is 10.1. The van der Waals surface area contributed by atoms with E-state index in [0.29, 0.717) is 0 Å². The molecule has 96 valence electrons. The molecule has 3 nitrogen and oxygen atoms in total. The molecule has 0 aliphatic carbocycles. The summed E-state index contributed by atoms with van der Waals surface area (Å²) >= 11 is 3.44. The Morgan fingerprint density at radius 3 is 2.58 bits per heavy atom. The normalized spacial score (nSPS) is 11.1. The molecule has 0 saturated carbocycles. The number of aromatic nitrogens is 3. The predicted octanol–water partition coefficient (Wildman–Crippen LogP) is 3.42. The summed E-state index contributed by atoms with van der Waals surface area (Å²) in [6, 6.07) is 10.4. The molecule has 0 bridgehead atoms. The van der Waals surface area contributed by atoms with Crippen LogP contribution < -0.4 is 0 Å². The van der Waals surface area contributed by atoms with Crippen molar-refractivity contribution < 1.29 is 4.39 Å². The van der Waals surface area contributed by atoms with Gasteiger partial charge in [-0.2, -0.15) is 0 Å². The number of hydrogen-bond acceptors (Lipinski definition) is 2. The minimum absolute atomic E-state index is 0.208. The molecule has 2 heterocycles. The first-order chi connectivity index (χ1) is 9.22. The second kappa shape index (κ2) is 5.09. The summed E-state index contributed by atoms with van der Waals surface area (Å²) in [6.45, 7) is 0. The van der Waals surface area contributed by atoms with Crippen LogP contribution in [0.2, 0.25) is 0 Å². The lowest BCUT2D eigenvalue weighted by Crippen LogP contribution is -1.98. The number of benzene rings is 1. The van der Waals surface area contributed by atoms with Gasteiger partial charge >= 0.3 is 0 Å². The Bertz CT molecular complexity index is 706. The molecule has 0 fully saturated rings. The van der Waals surface area contributed by atoms with Crippen LogP contribution in [-0.4, -0.2) is 14.6 Å². The Morgan fingerprint density at radius 1 is 1.00 bits per heavy atom. The molecule has 0 aliphatic rings. The minimum atomic E-state index is -0.208. The zero-order valence-corrected chi connectivity index (χ0v) is 11.6. The molecule has 0 radical (unpaired) electrons. The summed E-state index contributed by atoms with van der Waals surface area (Å²) in [4.78, 5) is 0. The maximum atomic E-state index is 12.8. The van der Waals surface area contributed by atoms with Gasteiger partial charge in [-0.1, -0.05) is 12.1 Å². The van der Waals surface area contributed by atoms with Gasteiger partial charge < -0.3 is 0 Å². The second-order valence-corrected chi connectivity index (χ2v) is 5.23. The van der Waals surface area contributed by atoms with E-state index in [2.05, 4.69) is 26.1 Å². The van der Waals surface area contributed by atoms with Gasteiger partial charge in [0, 0.05) is 17.1 Å². The highest BCUT2D eigenvalue weighted by molar-refractivity contribution is 9.10. The highest BCUT2D eigenvalue weighted by Crippen LogP contribution is 2.13. The van der Waals surface area contributed by atoms with Gasteiger partial charge in [0.05, 0.1) is 0 Å². The van der Waals surface area contributed by atoms with Gasteiger partial charge in [-0.3, -0.25) is 4.40 Å². The molecule has 0 saturated heterocycles. The predicted molar refractivity (Wildman–Crippen MR) is 74.5 cm³/mol. The molecule has 0 spiro atoms. The van der Waals surface area contributed by atoms with Crippen molar-refractivity contribution in [3.8, 4) is 0 Å². The molecule has 1 aromatic carbocycles. The zero-order valence-electron chi connectivity index (χ0n) is 10.1. The average Bonchev–Trinajstić information content (AvgIpc) is 2.80. The quantitative estimate of drug-likeness (QED) is 0.740. The molecule has 0 N–H and O–H groups in total. The largest absolute Gasteiger partial charge is 0.285 e. The molecule has 2 aromatic heterocycles. The fourth-order valence-corrected chi connectivity index (χ4v) is 2.33. The number of halogens is 2. The smallest absolute Gasteiger partial charge is 0.160 e. The minimum Gasteiger partial charge on any atom is -0.285 e. The van der Waals surface area contributed by atoms with Crippen molar-refractivity contribution in [1.82, 2.24) is 14.6 Å². The maximum Gasteiger partial charge on any atom is 0.160 e. The highest BCUT2D eigenvalue weighted by Gasteiger charge is 2.06. The maximum absolute atomic E-state index is 12.8. The fourth-order valence-electron chi connectivity index (χ4n) is 1.99. The van der Waals surface area contributed by atoms with E-state index in [0.717, 1.165) is 34.3 Å². The van der Waals surface area contributed by atoms with E-state index in [4.69, 9.17) is 0 Å². The van der Waals surface area contributed by atoms with E-state index in [-0.39, 0.29) is 5.82 Å². The van der Waals surface area contributed by atoms with Gasteiger partial charge in [0.15, 0.2) is 5.65 Å². The first-order valence-electron chi connectivity index (χ1n) is 5.96. The third kappa shape index (κ3) is 2.66. The van der Waals surface area contributed by atoms with Crippen LogP contribution in [0, 0.1) is 5.82 Å². The first kappa shape index (κ1) is 12.3. The Hall–Kier alpha value is -1.75. The van der Waals surface area contributed by atoms with E-state index < -0.39 is 0 Å². The third-order valence-corrected chi connectivity index (χ3v) is 3.46. The Morgan fingerprint density at radius 2 is 1.79 bits per heavy atom. The molecule has 3 rings (SSSR count). The lowest BCUT2D eigenvalue weighted by Gasteiger charge is -2.01. The van der Waals surface area contributed by atoms with Crippen molar-refractivity contribution in [3.05, 3.63) is 64.3 Å². The van der Waals surface area contributed by atoms with Crippen LogP contribution >= 0.6 is 15.9 Å². The number of fused-ring (bicyclic) bond motifs is 1. The number of pyridine rings is 1. The molecule has 19 heavy (non-hydrogen) atoms. The van der Waals surface area contributed by atoms with Crippen molar-refractivity contribution in [3.63, 3.8) is 0 Å². The van der Waals surface area contributed by atoms with Crippen LogP contribution in [0.3, 0.4) is 0 Å². The summed E-state index contributed by atoms with van der Waals surface area (Å²) in [5.74, 6) is 0.696. The van der Waals surface area contributed by atoms with Crippen molar-refractivity contribution in [2.24, 2.45) is 0 Å². The Kier molecular flexibility index (Phi) is 3.29. The number of nitrogens with zero attached hydrogens (tertiary/aromatic N) is 3. The summed E-state index contributed by atoms with van der Waals surface area (Å²) < 4.78 is 15.8. The summed E-state index contributed by atoms with van der Waals surface area (Å²) in [7, 11) is 0. The number of rotatable bonds is 3. The standard InChI is InChI=1S/C14H11BrFN3/c15-11-4-8-14-18-17-13(19(14)9-11)7-3-10-1-5-12(16)6-2-10/h1-2,4-6,8-9H,3,7H2. The SMILES string of the molecule is Fc1ccc(CCc2nnc3ccc(Br)cn23)cc1. The van der Waals surface area contributed by atoms with Crippen LogP contribution in [0.4, 0.5) is 4.39 Å². The van der Waals surface area contributed by atoms with Crippen LogP contribution in [0.15, 0.2) is 47.1 Å². The molecule has 3 aromatic rings. The summed E-state index contributed by atoms with van der Waals surface area (Å²) in [5.41, 5.74) is 1.92. The molecular formula is C14H11BrFN3. The Balaban J connectivity index is 1.81. The van der Waals surface area contributed by atoms with Gasteiger partial charge in [0.25, 0.3) is 0 Å². The molecule has 0 amide bonds. The monoisotopic (exact) mass is 319 g/mol. The van der Waals surface area contributed by atoms with Gasteiger partial charge in [0.1, 0.15) is 11.6 Å². The van der Waals surface area contributed by atoms with Crippen molar-refractivity contribution in [2.45, 2.75) is 12.8 Å². The van der Waals surface area contributed by atoms with Crippen molar-refractivity contribution >= 4 is 21.6 Å². The fraction of sp³-hybridized carbons (Fsp3) is 0.143. The molecule has 0 atom stereocenters. The summed E-state index contributed by atoms with van der Waals surface area (Å²) in [5, 5.41) is 8.31. The van der Waals surface area contributed by atoms with Crippen LogP contribution in [0.1, 0.15) is 11.4 Å². The van der Waals surface area contributed by atoms with Gasteiger partial charge in [-0.05, 0) is 52.2 Å².